The van der Waals surface area contributed by atoms with E-state index in [2.05, 4.69) is 10.6 Å². The van der Waals surface area contributed by atoms with Crippen molar-refractivity contribution >= 4 is 51.4 Å². The fourth-order valence-corrected chi connectivity index (χ4v) is 4.42. The molecule has 3 aromatic rings. The topological polar surface area (TPSA) is 84.5 Å². The fourth-order valence-electron chi connectivity index (χ4n) is 3.19. The standard InChI is InChI=1S/C24H23ClN2O4S/c1-13-6-5-7-18(14(13)2)26-22(29)21-15(3)20(24(30)31-4)23(32-21)27-19(28)12-16-8-10-17(25)11-9-16/h5-11H,12H2,1-4H3,(H,26,29)(H,27,28). The van der Waals surface area contributed by atoms with Gasteiger partial charge in [0.15, 0.2) is 0 Å². The molecule has 2 aromatic carbocycles. The second kappa shape index (κ2) is 9.97. The van der Waals surface area contributed by atoms with Crippen LogP contribution in [0.25, 0.3) is 0 Å². The van der Waals surface area contributed by atoms with Gasteiger partial charge in [-0.25, -0.2) is 4.79 Å². The van der Waals surface area contributed by atoms with Crippen LogP contribution in [0, 0.1) is 20.8 Å². The van der Waals surface area contributed by atoms with Crippen molar-refractivity contribution in [2.45, 2.75) is 27.2 Å². The van der Waals surface area contributed by atoms with Crippen molar-refractivity contribution in [3.05, 3.63) is 80.2 Å². The number of anilines is 2. The number of ether oxygens (including phenoxy) is 1. The fraction of sp³-hybridized carbons (Fsp3) is 0.208. The molecule has 6 nitrogen and oxygen atoms in total. The number of thiophene rings is 1. The number of carbonyl (C=O) groups excluding carboxylic acids is 3. The van der Waals surface area contributed by atoms with E-state index in [-0.39, 0.29) is 28.8 Å². The monoisotopic (exact) mass is 470 g/mol. The number of aryl methyl sites for hydroxylation is 1. The summed E-state index contributed by atoms with van der Waals surface area (Å²) in [7, 11) is 1.26. The van der Waals surface area contributed by atoms with Crippen molar-refractivity contribution in [3.63, 3.8) is 0 Å². The van der Waals surface area contributed by atoms with Gasteiger partial charge in [-0.2, -0.15) is 0 Å². The summed E-state index contributed by atoms with van der Waals surface area (Å²) in [6.45, 7) is 5.55. The van der Waals surface area contributed by atoms with E-state index >= 15 is 0 Å². The van der Waals surface area contributed by atoms with Gasteiger partial charge in [0.1, 0.15) is 5.00 Å². The molecule has 0 spiro atoms. The van der Waals surface area contributed by atoms with Crippen LogP contribution in [0.5, 0.6) is 0 Å². The van der Waals surface area contributed by atoms with E-state index in [0.29, 0.717) is 21.2 Å². The lowest BCUT2D eigenvalue weighted by atomic mass is 10.1. The van der Waals surface area contributed by atoms with Crippen molar-refractivity contribution < 1.29 is 19.1 Å². The van der Waals surface area contributed by atoms with Crippen LogP contribution in [-0.4, -0.2) is 24.9 Å². The highest BCUT2D eigenvalue weighted by molar-refractivity contribution is 7.19. The lowest BCUT2D eigenvalue weighted by Crippen LogP contribution is -2.16. The predicted octanol–water partition coefficient (Wildman–Crippen LogP) is 5.55. The highest BCUT2D eigenvalue weighted by atomic mass is 35.5. The molecule has 2 N–H and O–H groups in total. The SMILES string of the molecule is COC(=O)c1c(NC(=O)Cc2ccc(Cl)cc2)sc(C(=O)Nc2cccc(C)c2C)c1C. The Hall–Kier alpha value is -3.16. The van der Waals surface area contributed by atoms with Crippen LogP contribution >= 0.6 is 22.9 Å². The molecule has 3 rings (SSSR count). The second-order valence-corrected chi connectivity index (χ2v) is 8.76. The molecule has 0 fully saturated rings. The molecule has 8 heteroatoms. The maximum atomic E-state index is 13.0. The Labute approximate surface area is 195 Å². The minimum Gasteiger partial charge on any atom is -0.465 e. The lowest BCUT2D eigenvalue weighted by molar-refractivity contribution is -0.115. The number of carbonyl (C=O) groups is 3. The van der Waals surface area contributed by atoms with Gasteiger partial charge in [-0.1, -0.05) is 35.9 Å². The van der Waals surface area contributed by atoms with Crippen LogP contribution in [0.15, 0.2) is 42.5 Å². The summed E-state index contributed by atoms with van der Waals surface area (Å²) in [5.74, 6) is -1.30. The summed E-state index contributed by atoms with van der Waals surface area (Å²) in [4.78, 5) is 38.3. The minimum absolute atomic E-state index is 0.0960. The number of benzene rings is 2. The summed E-state index contributed by atoms with van der Waals surface area (Å²) in [6, 6.07) is 12.6. The van der Waals surface area contributed by atoms with Crippen molar-refractivity contribution in [3.8, 4) is 0 Å². The summed E-state index contributed by atoms with van der Waals surface area (Å²) < 4.78 is 4.89. The molecule has 0 saturated heterocycles. The lowest BCUT2D eigenvalue weighted by Gasteiger charge is -2.10. The Balaban J connectivity index is 1.87. The average Bonchev–Trinajstić information content (AvgIpc) is 3.08. The molecule has 2 amide bonds. The summed E-state index contributed by atoms with van der Waals surface area (Å²) in [5.41, 5.74) is 4.10. The molecule has 166 valence electrons. The largest absolute Gasteiger partial charge is 0.465 e. The van der Waals surface area contributed by atoms with Gasteiger partial charge in [0.2, 0.25) is 5.91 Å². The zero-order valence-corrected chi connectivity index (χ0v) is 19.7. The van der Waals surface area contributed by atoms with Crippen LogP contribution < -0.4 is 10.6 Å². The number of amides is 2. The number of hydrogen-bond donors (Lipinski definition) is 2. The van der Waals surface area contributed by atoms with Gasteiger partial charge in [0, 0.05) is 10.7 Å². The molecule has 1 aromatic heterocycles. The first kappa shape index (κ1) is 23.5. The van der Waals surface area contributed by atoms with E-state index in [9.17, 15) is 14.4 Å². The second-order valence-electron chi connectivity index (χ2n) is 7.30. The number of hydrogen-bond acceptors (Lipinski definition) is 5. The molecule has 0 aliphatic carbocycles. The molecule has 0 atom stereocenters. The van der Waals surface area contributed by atoms with Crippen molar-refractivity contribution in [1.82, 2.24) is 0 Å². The summed E-state index contributed by atoms with van der Waals surface area (Å²) in [5, 5.41) is 6.51. The molecule has 0 bridgehead atoms. The third kappa shape index (κ3) is 5.18. The Morgan fingerprint density at radius 2 is 1.66 bits per heavy atom. The average molecular weight is 471 g/mol. The summed E-state index contributed by atoms with van der Waals surface area (Å²) in [6.07, 6.45) is 0.0960. The number of halogens is 1. The Morgan fingerprint density at radius 1 is 0.969 bits per heavy atom. The van der Waals surface area contributed by atoms with Gasteiger partial charge in [-0.3, -0.25) is 9.59 Å². The van der Waals surface area contributed by atoms with Gasteiger partial charge < -0.3 is 15.4 Å². The highest BCUT2D eigenvalue weighted by Gasteiger charge is 2.26. The normalized spacial score (nSPS) is 10.5. The molecule has 1 heterocycles. The Morgan fingerprint density at radius 3 is 2.31 bits per heavy atom. The first-order valence-corrected chi connectivity index (χ1v) is 11.0. The van der Waals surface area contributed by atoms with Crippen molar-refractivity contribution in [2.75, 3.05) is 17.7 Å². The number of nitrogens with one attached hydrogen (secondary N) is 2. The number of esters is 1. The van der Waals surface area contributed by atoms with Crippen molar-refractivity contribution in [1.29, 1.82) is 0 Å². The molecule has 0 radical (unpaired) electrons. The zero-order valence-electron chi connectivity index (χ0n) is 18.2. The number of rotatable bonds is 6. The van der Waals surface area contributed by atoms with Crippen LogP contribution in [0.2, 0.25) is 5.02 Å². The quantitative estimate of drug-likeness (QED) is 0.463. The molecule has 32 heavy (non-hydrogen) atoms. The van der Waals surface area contributed by atoms with E-state index in [4.69, 9.17) is 16.3 Å². The van der Waals surface area contributed by atoms with E-state index in [1.807, 2.05) is 32.0 Å². The van der Waals surface area contributed by atoms with E-state index in [1.165, 1.54) is 7.11 Å². The molecule has 0 saturated carbocycles. The van der Waals surface area contributed by atoms with E-state index in [0.717, 1.165) is 28.0 Å². The highest BCUT2D eigenvalue weighted by Crippen LogP contribution is 2.34. The van der Waals surface area contributed by atoms with Gasteiger partial charge in [-0.15, -0.1) is 11.3 Å². The maximum Gasteiger partial charge on any atom is 0.341 e. The molecular weight excluding hydrogens is 448 g/mol. The van der Waals surface area contributed by atoms with Gasteiger partial charge in [0.05, 0.1) is 24.0 Å². The van der Waals surface area contributed by atoms with Crippen LogP contribution in [0.1, 0.15) is 42.3 Å². The molecule has 0 unspecified atom stereocenters. The summed E-state index contributed by atoms with van der Waals surface area (Å²) >= 11 is 6.93. The zero-order chi connectivity index (χ0) is 23.4. The van der Waals surface area contributed by atoms with Crippen LogP contribution in [0.4, 0.5) is 10.7 Å². The van der Waals surface area contributed by atoms with Gasteiger partial charge in [0.25, 0.3) is 5.91 Å². The molecular formula is C24H23ClN2O4S. The van der Waals surface area contributed by atoms with Crippen molar-refractivity contribution in [2.24, 2.45) is 0 Å². The Bertz CT molecular complexity index is 1190. The van der Waals surface area contributed by atoms with Gasteiger partial charge >= 0.3 is 5.97 Å². The first-order valence-electron chi connectivity index (χ1n) is 9.84. The third-order valence-electron chi connectivity index (χ3n) is 5.13. The van der Waals surface area contributed by atoms with Gasteiger partial charge in [-0.05, 0) is 61.2 Å². The first-order chi connectivity index (χ1) is 15.2. The Kier molecular flexibility index (Phi) is 7.33. The maximum absolute atomic E-state index is 13.0. The smallest absolute Gasteiger partial charge is 0.341 e. The minimum atomic E-state index is -0.619. The predicted molar refractivity (Wildman–Crippen MR) is 128 cm³/mol. The molecule has 0 aliphatic heterocycles. The van der Waals surface area contributed by atoms with E-state index < -0.39 is 5.97 Å². The number of methoxy groups -OCH3 is 1. The van der Waals surface area contributed by atoms with Crippen LogP contribution in [-0.2, 0) is 16.0 Å². The molecule has 0 aliphatic rings. The van der Waals surface area contributed by atoms with E-state index in [1.54, 1.807) is 31.2 Å². The third-order valence-corrected chi connectivity index (χ3v) is 6.58. The van der Waals surface area contributed by atoms with Crippen LogP contribution in [0.3, 0.4) is 0 Å².